The highest BCUT2D eigenvalue weighted by Crippen LogP contribution is 2.30. The van der Waals surface area contributed by atoms with E-state index >= 15 is 0 Å². The molecule has 1 aromatic carbocycles. The summed E-state index contributed by atoms with van der Waals surface area (Å²) < 4.78 is 6.09. The summed E-state index contributed by atoms with van der Waals surface area (Å²) in [5.41, 5.74) is 0.0433. The number of hydrogen-bond donors (Lipinski definition) is 1. The number of ether oxygens (including phenoxy) is 1. The first-order valence-corrected chi connectivity index (χ1v) is 6.91. The summed E-state index contributed by atoms with van der Waals surface area (Å²) in [6.45, 7) is 8.06. The van der Waals surface area contributed by atoms with Gasteiger partial charge in [0.05, 0.1) is 6.61 Å². The lowest BCUT2D eigenvalue weighted by Gasteiger charge is -2.31. The van der Waals surface area contributed by atoms with Gasteiger partial charge in [-0.3, -0.25) is 5.32 Å². The van der Waals surface area contributed by atoms with Gasteiger partial charge in [-0.2, -0.15) is 0 Å². The molecule has 0 fully saturated rings. The lowest BCUT2D eigenvalue weighted by atomic mass is 9.91. The number of hydrogen-bond acceptors (Lipinski definition) is 3. The predicted octanol–water partition coefficient (Wildman–Crippen LogP) is 3.23. The largest absolute Gasteiger partial charge is 0.464 e. The van der Waals surface area contributed by atoms with E-state index in [0.717, 1.165) is 10.0 Å². The van der Waals surface area contributed by atoms with E-state index in [2.05, 4.69) is 21.2 Å². The standard InChI is InChI=1S/C14H20BrNO2/c1-5-18-13(17)14(4,16-10(2)3)11-8-6-7-9-12(11)15/h6-10,16H,5H2,1-4H3. The Balaban J connectivity index is 3.20. The monoisotopic (exact) mass is 313 g/mol. The molecule has 0 aliphatic carbocycles. The van der Waals surface area contributed by atoms with E-state index in [1.54, 1.807) is 0 Å². The van der Waals surface area contributed by atoms with Gasteiger partial charge < -0.3 is 4.74 Å². The first kappa shape index (κ1) is 15.2. The molecule has 18 heavy (non-hydrogen) atoms. The second kappa shape index (κ2) is 6.34. The highest BCUT2D eigenvalue weighted by Gasteiger charge is 2.38. The van der Waals surface area contributed by atoms with E-state index in [0.29, 0.717) is 6.61 Å². The molecule has 100 valence electrons. The van der Waals surface area contributed by atoms with Crippen molar-refractivity contribution in [3.63, 3.8) is 0 Å². The first-order valence-electron chi connectivity index (χ1n) is 6.11. The van der Waals surface area contributed by atoms with Crippen molar-refractivity contribution in [2.24, 2.45) is 0 Å². The van der Waals surface area contributed by atoms with Crippen LogP contribution in [0.3, 0.4) is 0 Å². The molecule has 1 rings (SSSR count). The summed E-state index contributed by atoms with van der Waals surface area (Å²) in [6, 6.07) is 7.87. The van der Waals surface area contributed by atoms with Crippen molar-refractivity contribution in [3.8, 4) is 0 Å². The number of esters is 1. The van der Waals surface area contributed by atoms with Crippen molar-refractivity contribution < 1.29 is 9.53 Å². The normalized spacial score (nSPS) is 14.3. The average molecular weight is 314 g/mol. The minimum atomic E-state index is -0.843. The summed E-state index contributed by atoms with van der Waals surface area (Å²) in [6.07, 6.45) is 0. The third kappa shape index (κ3) is 3.33. The second-order valence-corrected chi connectivity index (χ2v) is 5.48. The van der Waals surface area contributed by atoms with Gasteiger partial charge in [0.15, 0.2) is 0 Å². The number of carbonyl (C=O) groups excluding carboxylic acids is 1. The van der Waals surface area contributed by atoms with Gasteiger partial charge >= 0.3 is 5.97 Å². The first-order chi connectivity index (χ1) is 8.41. The maximum atomic E-state index is 12.2. The molecular formula is C14H20BrNO2. The van der Waals surface area contributed by atoms with Crippen LogP contribution in [0.2, 0.25) is 0 Å². The fraction of sp³-hybridized carbons (Fsp3) is 0.500. The van der Waals surface area contributed by atoms with E-state index in [1.807, 2.05) is 52.0 Å². The van der Waals surface area contributed by atoms with Crippen molar-refractivity contribution in [1.82, 2.24) is 5.32 Å². The molecule has 0 aromatic heterocycles. The molecular weight excluding hydrogens is 294 g/mol. The average Bonchev–Trinajstić information content (AvgIpc) is 2.28. The van der Waals surface area contributed by atoms with E-state index < -0.39 is 5.54 Å². The van der Waals surface area contributed by atoms with Gasteiger partial charge in [0, 0.05) is 10.5 Å². The smallest absolute Gasteiger partial charge is 0.330 e. The number of halogens is 1. The highest BCUT2D eigenvalue weighted by atomic mass is 79.9. The quantitative estimate of drug-likeness (QED) is 0.848. The number of rotatable bonds is 5. The van der Waals surface area contributed by atoms with Crippen molar-refractivity contribution in [2.45, 2.75) is 39.3 Å². The molecule has 1 aromatic rings. The topological polar surface area (TPSA) is 38.3 Å². The Hall–Kier alpha value is -0.870. The van der Waals surface area contributed by atoms with Gasteiger partial charge in [0.2, 0.25) is 0 Å². The molecule has 3 nitrogen and oxygen atoms in total. The molecule has 1 unspecified atom stereocenters. The molecule has 0 bridgehead atoms. The van der Waals surface area contributed by atoms with Gasteiger partial charge in [0.25, 0.3) is 0 Å². The molecule has 0 saturated carbocycles. The van der Waals surface area contributed by atoms with Gasteiger partial charge in [-0.25, -0.2) is 4.79 Å². The summed E-state index contributed by atoms with van der Waals surface area (Å²) in [7, 11) is 0. The lowest BCUT2D eigenvalue weighted by Crippen LogP contribution is -2.50. The Morgan fingerprint density at radius 3 is 2.56 bits per heavy atom. The molecule has 0 saturated heterocycles. The van der Waals surface area contributed by atoms with Crippen molar-refractivity contribution in [3.05, 3.63) is 34.3 Å². The minimum Gasteiger partial charge on any atom is -0.464 e. The number of benzene rings is 1. The van der Waals surface area contributed by atoms with Crippen molar-refractivity contribution in [1.29, 1.82) is 0 Å². The van der Waals surface area contributed by atoms with Crippen LogP contribution in [0.4, 0.5) is 0 Å². The summed E-state index contributed by atoms with van der Waals surface area (Å²) in [5, 5.41) is 3.29. The third-order valence-corrected chi connectivity index (χ3v) is 3.37. The maximum absolute atomic E-state index is 12.2. The van der Waals surface area contributed by atoms with Gasteiger partial charge in [-0.15, -0.1) is 0 Å². The Bertz CT molecular complexity index is 420. The zero-order valence-electron chi connectivity index (χ0n) is 11.3. The van der Waals surface area contributed by atoms with E-state index in [-0.39, 0.29) is 12.0 Å². The third-order valence-electron chi connectivity index (χ3n) is 2.67. The Kier molecular flexibility index (Phi) is 5.35. The second-order valence-electron chi connectivity index (χ2n) is 4.62. The van der Waals surface area contributed by atoms with Crippen molar-refractivity contribution >= 4 is 21.9 Å². The van der Waals surface area contributed by atoms with E-state index in [4.69, 9.17) is 4.74 Å². The molecule has 0 heterocycles. The van der Waals surface area contributed by atoms with Gasteiger partial charge in [-0.05, 0) is 39.3 Å². The van der Waals surface area contributed by atoms with Crippen LogP contribution < -0.4 is 5.32 Å². The molecule has 0 aliphatic rings. The zero-order valence-corrected chi connectivity index (χ0v) is 12.9. The van der Waals surface area contributed by atoms with Crippen LogP contribution in [0.5, 0.6) is 0 Å². The van der Waals surface area contributed by atoms with Crippen LogP contribution in [-0.4, -0.2) is 18.6 Å². The molecule has 1 N–H and O–H groups in total. The fourth-order valence-electron chi connectivity index (χ4n) is 1.97. The van der Waals surface area contributed by atoms with E-state index in [1.165, 1.54) is 0 Å². The van der Waals surface area contributed by atoms with Crippen LogP contribution >= 0.6 is 15.9 Å². The predicted molar refractivity (Wildman–Crippen MR) is 76.4 cm³/mol. The molecule has 4 heteroatoms. The van der Waals surface area contributed by atoms with Crippen LogP contribution in [-0.2, 0) is 15.1 Å². The summed E-state index contributed by atoms with van der Waals surface area (Å²) in [5.74, 6) is -0.259. The van der Waals surface area contributed by atoms with E-state index in [9.17, 15) is 4.79 Å². The molecule has 1 atom stereocenters. The minimum absolute atomic E-state index is 0.173. The summed E-state index contributed by atoms with van der Waals surface area (Å²) in [4.78, 5) is 12.2. The van der Waals surface area contributed by atoms with Crippen molar-refractivity contribution in [2.75, 3.05) is 6.61 Å². The number of carbonyl (C=O) groups is 1. The van der Waals surface area contributed by atoms with Crippen LogP contribution in [0.15, 0.2) is 28.7 Å². The molecule has 0 aliphatic heterocycles. The maximum Gasteiger partial charge on any atom is 0.330 e. The lowest BCUT2D eigenvalue weighted by molar-refractivity contribution is -0.151. The van der Waals surface area contributed by atoms with Gasteiger partial charge in [0.1, 0.15) is 5.54 Å². The van der Waals surface area contributed by atoms with Crippen LogP contribution in [0.1, 0.15) is 33.3 Å². The molecule has 0 radical (unpaired) electrons. The van der Waals surface area contributed by atoms with Crippen LogP contribution in [0.25, 0.3) is 0 Å². The molecule has 0 spiro atoms. The Morgan fingerprint density at radius 1 is 1.44 bits per heavy atom. The molecule has 0 amide bonds. The Morgan fingerprint density at radius 2 is 2.06 bits per heavy atom. The SMILES string of the molecule is CCOC(=O)C(C)(NC(C)C)c1ccccc1Br. The van der Waals surface area contributed by atoms with Crippen LogP contribution in [0, 0.1) is 0 Å². The highest BCUT2D eigenvalue weighted by molar-refractivity contribution is 9.10. The number of nitrogens with one attached hydrogen (secondary N) is 1. The fourth-order valence-corrected chi connectivity index (χ4v) is 2.65. The summed E-state index contributed by atoms with van der Waals surface area (Å²) >= 11 is 3.49. The zero-order chi connectivity index (χ0) is 13.8. The Labute approximate surface area is 117 Å². The van der Waals surface area contributed by atoms with Gasteiger partial charge in [-0.1, -0.05) is 34.1 Å².